The highest BCUT2D eigenvalue weighted by atomic mass is 32.2. The van der Waals surface area contributed by atoms with Gasteiger partial charge in [-0.05, 0) is 55.7 Å². The predicted molar refractivity (Wildman–Crippen MR) is 130 cm³/mol. The Morgan fingerprint density at radius 3 is 2.58 bits per heavy atom. The fraction of sp³-hybridized carbons (Fsp3) is 0.375. The van der Waals surface area contributed by atoms with Crippen molar-refractivity contribution in [2.75, 3.05) is 37.3 Å². The van der Waals surface area contributed by atoms with Crippen molar-refractivity contribution in [1.29, 1.82) is 0 Å². The van der Waals surface area contributed by atoms with E-state index in [0.29, 0.717) is 35.2 Å². The second kappa shape index (κ2) is 8.81. The van der Waals surface area contributed by atoms with Gasteiger partial charge in [0.2, 0.25) is 0 Å². The van der Waals surface area contributed by atoms with Crippen LogP contribution in [0.15, 0.2) is 47.5 Å². The van der Waals surface area contributed by atoms with Crippen molar-refractivity contribution in [3.63, 3.8) is 0 Å². The summed E-state index contributed by atoms with van der Waals surface area (Å²) in [6.45, 7) is 4.84. The fourth-order valence-corrected chi connectivity index (χ4v) is 4.87. The molecule has 1 amide bonds. The molecule has 1 aliphatic carbocycles. The van der Waals surface area contributed by atoms with Crippen LogP contribution in [-0.4, -0.2) is 62.8 Å². The van der Waals surface area contributed by atoms with Gasteiger partial charge >= 0.3 is 0 Å². The van der Waals surface area contributed by atoms with Crippen molar-refractivity contribution in [1.82, 2.24) is 19.2 Å². The van der Waals surface area contributed by atoms with Crippen molar-refractivity contribution in [3.8, 4) is 5.69 Å². The van der Waals surface area contributed by atoms with Crippen LogP contribution in [0.2, 0.25) is 0 Å². The predicted octanol–water partition coefficient (Wildman–Crippen LogP) is 2.00. The Kier molecular flexibility index (Phi) is 5.86. The van der Waals surface area contributed by atoms with E-state index in [2.05, 4.69) is 15.2 Å². The van der Waals surface area contributed by atoms with E-state index in [9.17, 15) is 14.1 Å². The summed E-state index contributed by atoms with van der Waals surface area (Å²) in [6, 6.07) is 11.4. The molecule has 0 radical (unpaired) electrons. The Labute approximate surface area is 195 Å². The molecule has 1 saturated heterocycles. The number of hydrogen-bond donors (Lipinski definition) is 1. The summed E-state index contributed by atoms with van der Waals surface area (Å²) in [6.07, 6.45) is 5.27. The quantitative estimate of drug-likeness (QED) is 0.580. The molecule has 0 spiro atoms. The molecule has 2 fully saturated rings. The molecular weight excluding hydrogens is 438 g/mol. The molecule has 1 unspecified atom stereocenters. The van der Waals surface area contributed by atoms with Gasteiger partial charge in [0.15, 0.2) is 0 Å². The summed E-state index contributed by atoms with van der Waals surface area (Å²) in [4.78, 5) is 32.7. The zero-order chi connectivity index (χ0) is 23.1. The first-order chi connectivity index (χ1) is 15.9. The maximum atomic E-state index is 13.5. The van der Waals surface area contributed by atoms with E-state index in [1.165, 1.54) is 10.9 Å². The molecule has 1 atom stereocenters. The Balaban J connectivity index is 1.48. The topological polar surface area (TPSA) is 93.5 Å². The number of carbonyl (C=O) groups is 1. The van der Waals surface area contributed by atoms with Crippen LogP contribution < -0.4 is 15.8 Å². The summed E-state index contributed by atoms with van der Waals surface area (Å²) in [5.41, 5.74) is 3.50. The number of nitrogens with zero attached hydrogens (tertiary/aromatic N) is 4. The van der Waals surface area contributed by atoms with Crippen LogP contribution in [0.5, 0.6) is 0 Å². The first kappa shape index (κ1) is 21.9. The van der Waals surface area contributed by atoms with Crippen LogP contribution in [0.4, 0.5) is 5.69 Å². The fourth-order valence-electron chi connectivity index (χ4n) is 4.19. The molecular formula is C24H27N5O3S. The minimum absolute atomic E-state index is 0.116. The highest BCUT2D eigenvalue weighted by Gasteiger charge is 2.25. The molecule has 1 saturated carbocycles. The van der Waals surface area contributed by atoms with E-state index < -0.39 is 11.4 Å². The molecule has 0 bridgehead atoms. The largest absolute Gasteiger partial charge is 0.598 e. The number of anilines is 1. The van der Waals surface area contributed by atoms with E-state index >= 15 is 0 Å². The number of benzene rings is 2. The zero-order valence-electron chi connectivity index (χ0n) is 18.8. The van der Waals surface area contributed by atoms with Gasteiger partial charge in [0, 0.05) is 41.7 Å². The van der Waals surface area contributed by atoms with Crippen molar-refractivity contribution in [2.24, 2.45) is 0 Å². The third-order valence-corrected chi connectivity index (χ3v) is 7.44. The molecule has 2 aliphatic rings. The summed E-state index contributed by atoms with van der Waals surface area (Å²) in [5, 5.41) is 3.53. The maximum Gasteiger partial charge on any atom is 0.265 e. The normalized spacial score (nSPS) is 17.8. The van der Waals surface area contributed by atoms with Gasteiger partial charge in [-0.25, -0.2) is 4.98 Å². The number of nitrogens with one attached hydrogen (secondary N) is 1. The van der Waals surface area contributed by atoms with E-state index in [0.717, 1.165) is 37.2 Å². The smallest absolute Gasteiger partial charge is 0.265 e. The van der Waals surface area contributed by atoms with Gasteiger partial charge in [-0.1, -0.05) is 6.07 Å². The molecule has 8 nitrogen and oxygen atoms in total. The van der Waals surface area contributed by atoms with Crippen LogP contribution >= 0.6 is 0 Å². The monoisotopic (exact) mass is 465 g/mol. The number of aryl methyl sites for hydroxylation is 1. The molecule has 2 aromatic carbocycles. The van der Waals surface area contributed by atoms with Crippen molar-refractivity contribution >= 4 is 33.9 Å². The average Bonchev–Trinajstić information content (AvgIpc) is 3.64. The van der Waals surface area contributed by atoms with Crippen molar-refractivity contribution < 1.29 is 9.35 Å². The van der Waals surface area contributed by atoms with Gasteiger partial charge in [0.25, 0.3) is 11.5 Å². The van der Waals surface area contributed by atoms with Crippen LogP contribution in [0, 0.1) is 6.92 Å². The first-order valence-electron chi connectivity index (χ1n) is 11.2. The van der Waals surface area contributed by atoms with Crippen LogP contribution in [0.1, 0.15) is 28.8 Å². The summed E-state index contributed by atoms with van der Waals surface area (Å²) < 4.78 is 15.2. The third-order valence-electron chi connectivity index (χ3n) is 6.35. The molecule has 172 valence electrons. The summed E-state index contributed by atoms with van der Waals surface area (Å²) in [5.74, 6) is -0.116. The van der Waals surface area contributed by atoms with Gasteiger partial charge < -0.3 is 14.8 Å². The number of fused-ring (bicyclic) bond motifs is 1. The summed E-state index contributed by atoms with van der Waals surface area (Å²) >= 11 is -0.967. The second-order valence-corrected chi connectivity index (χ2v) is 10.1. The Hall–Kier alpha value is -2.88. The number of piperazine rings is 1. The Morgan fingerprint density at radius 1 is 1.12 bits per heavy atom. The molecule has 3 aromatic rings. The van der Waals surface area contributed by atoms with E-state index in [1.807, 2.05) is 35.5 Å². The number of amides is 1. The lowest BCUT2D eigenvalue weighted by Gasteiger charge is -2.34. The van der Waals surface area contributed by atoms with Crippen LogP contribution in [0.25, 0.3) is 16.6 Å². The van der Waals surface area contributed by atoms with Crippen molar-refractivity contribution in [2.45, 2.75) is 25.8 Å². The average molecular weight is 466 g/mol. The van der Waals surface area contributed by atoms with E-state index in [4.69, 9.17) is 0 Å². The van der Waals surface area contributed by atoms with E-state index in [1.54, 1.807) is 18.4 Å². The molecule has 9 heteroatoms. The minimum Gasteiger partial charge on any atom is -0.598 e. The lowest BCUT2D eigenvalue weighted by molar-refractivity contribution is 0.0951. The van der Waals surface area contributed by atoms with E-state index in [-0.39, 0.29) is 17.5 Å². The number of hydrogen-bond acceptors (Lipinski definition) is 6. The Morgan fingerprint density at radius 2 is 1.88 bits per heavy atom. The molecule has 1 aliphatic heterocycles. The lowest BCUT2D eigenvalue weighted by atomic mass is 10.1. The molecule has 1 N–H and O–H groups in total. The number of carbonyl (C=O) groups excluding carboxylic acids is 1. The molecule has 33 heavy (non-hydrogen) atoms. The second-order valence-electron chi connectivity index (χ2n) is 8.71. The molecule has 1 aromatic heterocycles. The standard InChI is InChI=1S/C24H27N5O3S/c1-16-3-4-17(23(30)26-18-5-6-18)13-22(16)29-15-25-21-8-7-19(14-20(21)24(29)31)27-9-11-28(12-10-27)33(2)32/h3-4,7-8,13-15,18H,5-6,9-12H2,1-2H3,(H,26,30). The minimum atomic E-state index is -0.967. The highest BCUT2D eigenvalue weighted by molar-refractivity contribution is 7.88. The van der Waals surface area contributed by atoms with Crippen LogP contribution in [-0.2, 0) is 11.4 Å². The zero-order valence-corrected chi connectivity index (χ0v) is 19.6. The van der Waals surface area contributed by atoms with Gasteiger partial charge in [-0.2, -0.15) is 0 Å². The highest BCUT2D eigenvalue weighted by Crippen LogP contribution is 2.23. The first-order valence-corrected chi connectivity index (χ1v) is 12.7. The lowest BCUT2D eigenvalue weighted by Crippen LogP contribution is -2.48. The Bertz CT molecular complexity index is 1260. The van der Waals surface area contributed by atoms with Crippen LogP contribution in [0.3, 0.4) is 0 Å². The van der Waals surface area contributed by atoms with Gasteiger partial charge in [0.1, 0.15) is 12.6 Å². The third kappa shape index (κ3) is 4.48. The van der Waals surface area contributed by atoms with Gasteiger partial charge in [-0.15, -0.1) is 4.31 Å². The van der Waals surface area contributed by atoms with Gasteiger partial charge in [0.05, 0.1) is 29.7 Å². The number of aromatic nitrogens is 2. The SMILES string of the molecule is Cc1ccc(C(=O)NC2CC2)cc1-n1cnc2ccc(N3CCN([S+](C)[O-])CC3)cc2c1=O. The van der Waals surface area contributed by atoms with Gasteiger partial charge in [-0.3, -0.25) is 14.2 Å². The molecule has 5 rings (SSSR count). The van der Waals surface area contributed by atoms with Crippen molar-refractivity contribution in [3.05, 3.63) is 64.2 Å². The maximum absolute atomic E-state index is 13.5. The number of rotatable bonds is 5. The molecule has 2 heterocycles. The summed E-state index contributed by atoms with van der Waals surface area (Å²) in [7, 11) is 0.